The van der Waals surface area contributed by atoms with E-state index in [1.54, 1.807) is 0 Å². The molecule has 1 aromatic carbocycles. The van der Waals surface area contributed by atoms with Crippen molar-refractivity contribution in [3.63, 3.8) is 0 Å². The topological polar surface area (TPSA) is 43.1 Å². The van der Waals surface area contributed by atoms with Gasteiger partial charge in [0.2, 0.25) is 5.78 Å². The van der Waals surface area contributed by atoms with E-state index < -0.39 is 41.3 Å². The first-order valence-electron chi connectivity index (χ1n) is 4.05. The lowest BCUT2D eigenvalue weighted by Gasteiger charge is -2.07. The molecule has 0 unspecified atom stereocenters. The van der Waals surface area contributed by atoms with Gasteiger partial charge in [-0.25, -0.2) is 8.78 Å². The number of carbonyl (C=O) groups is 1. The number of hydrogen-bond acceptors (Lipinski definition) is 2. The maximum Gasteiger partial charge on any atom is 0.450 e. The SMILES string of the molecule is Nc1cc(CC(=O)C(F)(F)F)c(F)cc1F. The third kappa shape index (κ3) is 2.68. The van der Waals surface area contributed by atoms with Crippen LogP contribution in [-0.2, 0) is 11.2 Å². The van der Waals surface area contributed by atoms with Crippen LogP contribution in [0.4, 0.5) is 27.6 Å². The van der Waals surface area contributed by atoms with Gasteiger partial charge < -0.3 is 5.73 Å². The molecule has 1 aromatic rings. The van der Waals surface area contributed by atoms with Crippen LogP contribution >= 0.6 is 0 Å². The number of alkyl halides is 3. The molecule has 0 aliphatic rings. The molecule has 16 heavy (non-hydrogen) atoms. The molecule has 2 nitrogen and oxygen atoms in total. The number of Topliss-reactive ketones (excluding diaryl/α,β-unsaturated/α-hetero) is 1. The molecule has 0 spiro atoms. The fourth-order valence-electron chi connectivity index (χ4n) is 1.02. The quantitative estimate of drug-likeness (QED) is 0.635. The molecule has 0 radical (unpaired) electrons. The molecule has 0 saturated carbocycles. The zero-order valence-corrected chi connectivity index (χ0v) is 7.74. The Morgan fingerprint density at radius 1 is 1.19 bits per heavy atom. The first kappa shape index (κ1) is 12.4. The summed E-state index contributed by atoms with van der Waals surface area (Å²) in [4.78, 5) is 10.6. The van der Waals surface area contributed by atoms with E-state index in [1.807, 2.05) is 0 Å². The summed E-state index contributed by atoms with van der Waals surface area (Å²) in [7, 11) is 0. The van der Waals surface area contributed by atoms with Crippen molar-refractivity contribution in [1.82, 2.24) is 0 Å². The molecule has 0 bridgehead atoms. The maximum absolute atomic E-state index is 13.0. The van der Waals surface area contributed by atoms with Crippen LogP contribution in [0.15, 0.2) is 12.1 Å². The Morgan fingerprint density at radius 3 is 2.25 bits per heavy atom. The Morgan fingerprint density at radius 2 is 1.75 bits per heavy atom. The Labute approximate surface area is 86.9 Å². The van der Waals surface area contributed by atoms with E-state index in [0.29, 0.717) is 12.1 Å². The van der Waals surface area contributed by atoms with Gasteiger partial charge in [0, 0.05) is 12.5 Å². The fourth-order valence-corrected chi connectivity index (χ4v) is 1.02. The predicted molar refractivity (Wildman–Crippen MR) is 45.5 cm³/mol. The average Bonchev–Trinajstić information content (AvgIpc) is 2.12. The minimum atomic E-state index is -5.05. The van der Waals surface area contributed by atoms with Gasteiger partial charge in [0.25, 0.3) is 0 Å². The lowest BCUT2D eigenvalue weighted by molar-refractivity contribution is -0.170. The second kappa shape index (κ2) is 4.07. The van der Waals surface area contributed by atoms with Crippen LogP contribution in [0.3, 0.4) is 0 Å². The summed E-state index contributed by atoms with van der Waals surface area (Å²) < 4.78 is 61.2. The highest BCUT2D eigenvalue weighted by Gasteiger charge is 2.38. The van der Waals surface area contributed by atoms with E-state index in [0.717, 1.165) is 0 Å². The average molecular weight is 239 g/mol. The van der Waals surface area contributed by atoms with Gasteiger partial charge in [0.1, 0.15) is 11.6 Å². The summed E-state index contributed by atoms with van der Waals surface area (Å²) in [5.74, 6) is -4.43. The molecule has 2 N–H and O–H groups in total. The molecular formula is C9H6F5NO. The molecule has 0 aliphatic heterocycles. The zero-order valence-electron chi connectivity index (χ0n) is 7.74. The molecule has 0 fully saturated rings. The van der Waals surface area contributed by atoms with E-state index in [2.05, 4.69) is 0 Å². The molecule has 0 aromatic heterocycles. The van der Waals surface area contributed by atoms with Gasteiger partial charge in [-0.05, 0) is 11.6 Å². The monoisotopic (exact) mass is 239 g/mol. The van der Waals surface area contributed by atoms with Crippen LogP contribution in [0.25, 0.3) is 0 Å². The van der Waals surface area contributed by atoms with Gasteiger partial charge in [0.05, 0.1) is 5.69 Å². The van der Waals surface area contributed by atoms with Crippen molar-refractivity contribution in [2.24, 2.45) is 0 Å². The van der Waals surface area contributed by atoms with Crippen molar-refractivity contribution in [2.45, 2.75) is 12.6 Å². The van der Waals surface area contributed by atoms with E-state index >= 15 is 0 Å². The largest absolute Gasteiger partial charge is 0.450 e. The van der Waals surface area contributed by atoms with Crippen molar-refractivity contribution < 1.29 is 26.7 Å². The van der Waals surface area contributed by atoms with Gasteiger partial charge in [-0.3, -0.25) is 4.79 Å². The molecular weight excluding hydrogens is 233 g/mol. The smallest absolute Gasteiger partial charge is 0.396 e. The second-order valence-corrected chi connectivity index (χ2v) is 3.06. The zero-order chi connectivity index (χ0) is 12.5. The molecule has 7 heteroatoms. The first-order valence-corrected chi connectivity index (χ1v) is 4.05. The lowest BCUT2D eigenvalue weighted by Crippen LogP contribution is -2.25. The Hall–Kier alpha value is -1.66. The summed E-state index contributed by atoms with van der Waals surface area (Å²) in [6.45, 7) is 0. The van der Waals surface area contributed by atoms with Gasteiger partial charge in [-0.15, -0.1) is 0 Å². The van der Waals surface area contributed by atoms with Gasteiger partial charge in [0.15, 0.2) is 0 Å². The third-order valence-corrected chi connectivity index (χ3v) is 1.83. The summed E-state index contributed by atoms with van der Waals surface area (Å²) >= 11 is 0. The summed E-state index contributed by atoms with van der Waals surface area (Å²) in [6.07, 6.45) is -6.24. The Balaban J connectivity index is 2.99. The van der Waals surface area contributed by atoms with Crippen molar-refractivity contribution in [1.29, 1.82) is 0 Å². The third-order valence-electron chi connectivity index (χ3n) is 1.83. The van der Waals surface area contributed by atoms with E-state index in [-0.39, 0.29) is 0 Å². The van der Waals surface area contributed by atoms with Crippen molar-refractivity contribution in [3.05, 3.63) is 29.3 Å². The molecule has 0 aliphatic carbocycles. The highest BCUT2D eigenvalue weighted by atomic mass is 19.4. The first-order chi connectivity index (χ1) is 7.21. The predicted octanol–water partition coefficient (Wildman–Crippen LogP) is 2.22. The van der Waals surface area contributed by atoms with Crippen LogP contribution in [-0.4, -0.2) is 12.0 Å². The second-order valence-electron chi connectivity index (χ2n) is 3.06. The molecule has 0 atom stereocenters. The molecule has 0 amide bonds. The molecule has 0 heterocycles. The summed E-state index contributed by atoms with van der Waals surface area (Å²) in [5.41, 5.74) is 3.95. The highest BCUT2D eigenvalue weighted by molar-refractivity contribution is 5.86. The van der Waals surface area contributed by atoms with Gasteiger partial charge in [-0.1, -0.05) is 0 Å². The highest BCUT2D eigenvalue weighted by Crippen LogP contribution is 2.22. The van der Waals surface area contributed by atoms with Crippen LogP contribution in [0.5, 0.6) is 0 Å². The van der Waals surface area contributed by atoms with Crippen molar-refractivity contribution in [3.8, 4) is 0 Å². The normalized spacial score (nSPS) is 11.6. The van der Waals surface area contributed by atoms with E-state index in [9.17, 15) is 26.7 Å². The number of carbonyl (C=O) groups excluding carboxylic acids is 1. The molecule has 0 saturated heterocycles. The molecule has 88 valence electrons. The standard InChI is InChI=1S/C9H6F5NO/c10-5-3-6(11)7(15)1-4(5)2-8(16)9(12,13)14/h1,3H,2,15H2. The Kier molecular flexibility index (Phi) is 3.16. The maximum atomic E-state index is 13.0. The van der Waals surface area contributed by atoms with Crippen LogP contribution < -0.4 is 5.73 Å². The van der Waals surface area contributed by atoms with Crippen LogP contribution in [0.2, 0.25) is 0 Å². The number of nitrogens with two attached hydrogens (primary N) is 1. The number of hydrogen-bond donors (Lipinski definition) is 1. The number of ketones is 1. The van der Waals surface area contributed by atoms with E-state index in [4.69, 9.17) is 5.73 Å². The lowest BCUT2D eigenvalue weighted by atomic mass is 10.1. The minimum absolute atomic E-state index is 0.342. The number of rotatable bonds is 2. The summed E-state index contributed by atoms with van der Waals surface area (Å²) in [6, 6.07) is 1.02. The Bertz CT molecular complexity index is 427. The fraction of sp³-hybridized carbons (Fsp3) is 0.222. The van der Waals surface area contributed by atoms with Gasteiger partial charge >= 0.3 is 6.18 Å². The summed E-state index contributed by atoms with van der Waals surface area (Å²) in [5, 5.41) is 0. The number of halogens is 5. The minimum Gasteiger partial charge on any atom is -0.396 e. The molecule has 1 rings (SSSR count). The van der Waals surface area contributed by atoms with Crippen LogP contribution in [0, 0.1) is 11.6 Å². The van der Waals surface area contributed by atoms with Crippen molar-refractivity contribution in [2.75, 3.05) is 5.73 Å². The van der Waals surface area contributed by atoms with Crippen LogP contribution in [0.1, 0.15) is 5.56 Å². The van der Waals surface area contributed by atoms with Crippen molar-refractivity contribution >= 4 is 11.5 Å². The van der Waals surface area contributed by atoms with Gasteiger partial charge in [-0.2, -0.15) is 13.2 Å². The number of benzene rings is 1. The number of nitrogen functional groups attached to an aromatic ring is 1. The van der Waals surface area contributed by atoms with E-state index in [1.165, 1.54) is 0 Å². The number of anilines is 1.